The van der Waals surface area contributed by atoms with Crippen molar-refractivity contribution in [1.29, 1.82) is 0 Å². The van der Waals surface area contributed by atoms with E-state index in [-0.39, 0.29) is 11.8 Å². The molecule has 2 aliphatic heterocycles. The molecule has 0 saturated carbocycles. The number of fused-ring (bicyclic) bond motifs is 1. The molecular weight excluding hydrogens is 242 g/mol. The van der Waals surface area contributed by atoms with Gasteiger partial charge in [0.2, 0.25) is 0 Å². The first kappa shape index (κ1) is 12.2. The average molecular weight is 259 g/mol. The van der Waals surface area contributed by atoms with E-state index in [9.17, 15) is 9.59 Å². The quantitative estimate of drug-likeness (QED) is 0.776. The summed E-state index contributed by atoms with van der Waals surface area (Å²) in [5.74, 6) is 0.0542. The van der Waals surface area contributed by atoms with Gasteiger partial charge in [-0.15, -0.1) is 0 Å². The van der Waals surface area contributed by atoms with Gasteiger partial charge in [-0.05, 0) is 12.0 Å². The zero-order chi connectivity index (χ0) is 13.2. The van der Waals surface area contributed by atoms with Crippen LogP contribution in [0.1, 0.15) is 12.0 Å². The highest BCUT2D eigenvalue weighted by atomic mass is 16.2. The van der Waals surface area contributed by atoms with E-state index in [0.29, 0.717) is 32.7 Å². The lowest BCUT2D eigenvalue weighted by Crippen LogP contribution is -2.44. The standard InChI is InChI=1S/C14H17N3O2/c18-13-10-15(9-12-5-2-1-3-6-12)11-14(19)17-8-4-7-16(13)17/h1-3,5-6H,4,7-11H2. The Labute approximate surface area is 112 Å². The number of hydrazine groups is 1. The summed E-state index contributed by atoms with van der Waals surface area (Å²) in [4.78, 5) is 26.2. The largest absolute Gasteiger partial charge is 0.281 e. The molecule has 2 fully saturated rings. The fourth-order valence-electron chi connectivity index (χ4n) is 2.69. The highest BCUT2D eigenvalue weighted by Gasteiger charge is 2.35. The van der Waals surface area contributed by atoms with Crippen LogP contribution in [0, 0.1) is 0 Å². The maximum absolute atomic E-state index is 12.1. The molecule has 0 aliphatic carbocycles. The minimum atomic E-state index is 0.0271. The molecule has 1 aromatic rings. The van der Waals surface area contributed by atoms with E-state index in [2.05, 4.69) is 0 Å². The third-order valence-electron chi connectivity index (χ3n) is 3.57. The van der Waals surface area contributed by atoms with Crippen molar-refractivity contribution in [3.05, 3.63) is 35.9 Å². The van der Waals surface area contributed by atoms with E-state index in [1.807, 2.05) is 35.2 Å². The summed E-state index contributed by atoms with van der Waals surface area (Å²) in [6, 6.07) is 9.93. The first-order valence-electron chi connectivity index (χ1n) is 6.61. The first-order chi connectivity index (χ1) is 9.24. The van der Waals surface area contributed by atoms with Crippen molar-refractivity contribution in [3.63, 3.8) is 0 Å². The molecule has 5 heteroatoms. The second-order valence-corrected chi connectivity index (χ2v) is 5.02. The van der Waals surface area contributed by atoms with E-state index in [0.717, 1.165) is 12.0 Å². The molecule has 2 heterocycles. The highest BCUT2D eigenvalue weighted by molar-refractivity contribution is 5.87. The van der Waals surface area contributed by atoms with Crippen LogP contribution in [0.4, 0.5) is 0 Å². The fourth-order valence-corrected chi connectivity index (χ4v) is 2.69. The highest BCUT2D eigenvalue weighted by Crippen LogP contribution is 2.16. The van der Waals surface area contributed by atoms with E-state index < -0.39 is 0 Å². The second-order valence-electron chi connectivity index (χ2n) is 5.02. The molecule has 0 spiro atoms. The van der Waals surface area contributed by atoms with E-state index in [4.69, 9.17) is 0 Å². The maximum Gasteiger partial charge on any atom is 0.255 e. The van der Waals surface area contributed by atoms with Crippen molar-refractivity contribution in [2.75, 3.05) is 26.2 Å². The Balaban J connectivity index is 1.74. The van der Waals surface area contributed by atoms with Crippen molar-refractivity contribution in [3.8, 4) is 0 Å². The Morgan fingerprint density at radius 2 is 1.47 bits per heavy atom. The Kier molecular flexibility index (Phi) is 3.21. The molecule has 1 aromatic carbocycles. The summed E-state index contributed by atoms with van der Waals surface area (Å²) in [7, 11) is 0. The van der Waals surface area contributed by atoms with Crippen molar-refractivity contribution < 1.29 is 9.59 Å². The smallest absolute Gasteiger partial charge is 0.255 e. The molecule has 0 aromatic heterocycles. The fraction of sp³-hybridized carbons (Fsp3) is 0.429. The molecule has 0 unspecified atom stereocenters. The minimum absolute atomic E-state index is 0.0271. The molecular formula is C14H17N3O2. The molecule has 0 bridgehead atoms. The third kappa shape index (κ3) is 2.46. The van der Waals surface area contributed by atoms with Crippen LogP contribution in [0.3, 0.4) is 0 Å². The van der Waals surface area contributed by atoms with Crippen LogP contribution in [0.5, 0.6) is 0 Å². The lowest BCUT2D eigenvalue weighted by Gasteiger charge is -2.24. The molecule has 0 radical (unpaired) electrons. The molecule has 2 amide bonds. The number of carbonyl (C=O) groups is 2. The molecule has 3 rings (SSSR count). The van der Waals surface area contributed by atoms with Crippen LogP contribution in [-0.4, -0.2) is 52.9 Å². The zero-order valence-corrected chi connectivity index (χ0v) is 10.8. The summed E-state index contributed by atoms with van der Waals surface area (Å²) in [6.45, 7) is 2.61. The third-order valence-corrected chi connectivity index (χ3v) is 3.57. The number of nitrogens with zero attached hydrogens (tertiary/aromatic N) is 3. The lowest BCUT2D eigenvalue weighted by atomic mass is 10.2. The van der Waals surface area contributed by atoms with Gasteiger partial charge in [0.15, 0.2) is 0 Å². The van der Waals surface area contributed by atoms with Gasteiger partial charge in [0.05, 0.1) is 13.1 Å². The number of hydrogen-bond donors (Lipinski definition) is 0. The van der Waals surface area contributed by atoms with Crippen molar-refractivity contribution in [1.82, 2.24) is 14.9 Å². The lowest BCUT2D eigenvalue weighted by molar-refractivity contribution is -0.153. The topological polar surface area (TPSA) is 43.9 Å². The second kappa shape index (κ2) is 5.01. The number of rotatable bonds is 2. The predicted octanol–water partition coefficient (Wildman–Crippen LogP) is 0.478. The molecule has 19 heavy (non-hydrogen) atoms. The van der Waals surface area contributed by atoms with Crippen LogP contribution < -0.4 is 0 Å². The monoisotopic (exact) mass is 259 g/mol. The zero-order valence-electron chi connectivity index (χ0n) is 10.8. The van der Waals surface area contributed by atoms with Crippen LogP contribution in [0.2, 0.25) is 0 Å². The van der Waals surface area contributed by atoms with Gasteiger partial charge >= 0.3 is 0 Å². The molecule has 0 N–H and O–H groups in total. The Morgan fingerprint density at radius 1 is 0.895 bits per heavy atom. The first-order valence-corrected chi connectivity index (χ1v) is 6.61. The van der Waals surface area contributed by atoms with Gasteiger partial charge in [0, 0.05) is 19.6 Å². The summed E-state index contributed by atoms with van der Waals surface area (Å²) in [5, 5.41) is 3.21. The van der Waals surface area contributed by atoms with Gasteiger partial charge in [-0.1, -0.05) is 30.3 Å². The van der Waals surface area contributed by atoms with Gasteiger partial charge < -0.3 is 0 Å². The molecule has 2 aliphatic rings. The summed E-state index contributed by atoms with van der Waals surface area (Å²) in [5.41, 5.74) is 1.13. The number of hydrogen-bond acceptors (Lipinski definition) is 3. The van der Waals surface area contributed by atoms with Crippen molar-refractivity contribution in [2.24, 2.45) is 0 Å². The van der Waals surface area contributed by atoms with E-state index >= 15 is 0 Å². The Hall–Kier alpha value is -1.88. The van der Waals surface area contributed by atoms with E-state index in [1.165, 1.54) is 0 Å². The van der Waals surface area contributed by atoms with Crippen molar-refractivity contribution >= 4 is 11.8 Å². The Bertz CT molecular complexity index is 465. The molecule has 2 saturated heterocycles. The van der Waals surface area contributed by atoms with Crippen LogP contribution in [0.25, 0.3) is 0 Å². The van der Waals surface area contributed by atoms with Crippen LogP contribution >= 0.6 is 0 Å². The summed E-state index contributed by atoms with van der Waals surface area (Å²) >= 11 is 0. The Morgan fingerprint density at radius 3 is 2.05 bits per heavy atom. The predicted molar refractivity (Wildman–Crippen MR) is 69.8 cm³/mol. The van der Waals surface area contributed by atoms with Gasteiger partial charge in [0.1, 0.15) is 0 Å². The van der Waals surface area contributed by atoms with Crippen LogP contribution in [0.15, 0.2) is 30.3 Å². The number of amides is 2. The average Bonchev–Trinajstić information content (AvgIpc) is 2.85. The summed E-state index contributed by atoms with van der Waals surface area (Å²) in [6.07, 6.45) is 0.885. The minimum Gasteiger partial charge on any atom is -0.281 e. The molecule has 100 valence electrons. The SMILES string of the molecule is O=C1CN(Cc2ccccc2)CC(=O)N2CCCN12. The van der Waals surface area contributed by atoms with Gasteiger partial charge in [-0.2, -0.15) is 0 Å². The normalized spacial score (nSPS) is 20.6. The molecule has 0 atom stereocenters. The number of carbonyl (C=O) groups excluding carboxylic acids is 2. The summed E-state index contributed by atoms with van der Waals surface area (Å²) < 4.78 is 0. The van der Waals surface area contributed by atoms with E-state index in [1.54, 1.807) is 10.0 Å². The maximum atomic E-state index is 12.1. The van der Waals surface area contributed by atoms with Crippen LogP contribution in [-0.2, 0) is 16.1 Å². The van der Waals surface area contributed by atoms with Gasteiger partial charge in [0.25, 0.3) is 11.8 Å². The van der Waals surface area contributed by atoms with Gasteiger partial charge in [-0.25, -0.2) is 0 Å². The van der Waals surface area contributed by atoms with Gasteiger partial charge in [-0.3, -0.25) is 24.5 Å². The van der Waals surface area contributed by atoms with Crippen molar-refractivity contribution in [2.45, 2.75) is 13.0 Å². The number of benzene rings is 1. The molecule has 5 nitrogen and oxygen atoms in total.